The van der Waals surface area contributed by atoms with E-state index in [-0.39, 0.29) is 11.8 Å². The zero-order valence-corrected chi connectivity index (χ0v) is 12.0. The van der Waals surface area contributed by atoms with Crippen LogP contribution in [0, 0.1) is 11.8 Å². The Kier molecular flexibility index (Phi) is 3.96. The van der Waals surface area contributed by atoms with Gasteiger partial charge in [0.15, 0.2) is 0 Å². The van der Waals surface area contributed by atoms with E-state index in [4.69, 9.17) is 5.11 Å². The van der Waals surface area contributed by atoms with Crippen LogP contribution in [0.2, 0.25) is 0 Å². The standard InChI is InChI=1S/C15H24N2O3/c18-14(12-10-13(12)15(19)20)17-8-4-11(5-9-17)16-6-2-1-3-7-16/h11-13H,1-10H2,(H,19,20). The Labute approximate surface area is 119 Å². The summed E-state index contributed by atoms with van der Waals surface area (Å²) in [6.45, 7) is 4.04. The second-order valence-corrected chi connectivity index (χ2v) is 6.44. The molecule has 1 saturated carbocycles. The highest BCUT2D eigenvalue weighted by atomic mass is 16.4. The zero-order valence-electron chi connectivity index (χ0n) is 12.0. The van der Waals surface area contributed by atoms with Crippen LogP contribution >= 0.6 is 0 Å². The number of hydrogen-bond donors (Lipinski definition) is 1. The molecule has 1 N–H and O–H groups in total. The first-order valence-electron chi connectivity index (χ1n) is 7.92. The lowest BCUT2D eigenvalue weighted by Crippen LogP contribution is -2.48. The monoisotopic (exact) mass is 280 g/mol. The lowest BCUT2D eigenvalue weighted by Gasteiger charge is -2.40. The Bertz CT molecular complexity index is 385. The Balaban J connectivity index is 1.46. The predicted molar refractivity (Wildman–Crippen MR) is 74.3 cm³/mol. The first-order valence-corrected chi connectivity index (χ1v) is 7.92. The lowest BCUT2D eigenvalue weighted by molar-refractivity contribution is -0.142. The van der Waals surface area contributed by atoms with E-state index in [1.807, 2.05) is 4.90 Å². The molecule has 5 nitrogen and oxygen atoms in total. The molecule has 1 amide bonds. The molecule has 2 heterocycles. The summed E-state index contributed by atoms with van der Waals surface area (Å²) in [7, 11) is 0. The van der Waals surface area contributed by atoms with E-state index in [0.29, 0.717) is 12.5 Å². The van der Waals surface area contributed by atoms with Gasteiger partial charge in [-0.3, -0.25) is 9.59 Å². The van der Waals surface area contributed by atoms with Crippen LogP contribution in [0.1, 0.15) is 38.5 Å². The van der Waals surface area contributed by atoms with Gasteiger partial charge in [-0.25, -0.2) is 0 Å². The Hall–Kier alpha value is -1.10. The van der Waals surface area contributed by atoms with Gasteiger partial charge in [-0.2, -0.15) is 0 Å². The number of carboxylic acids is 1. The number of aliphatic carboxylic acids is 1. The molecule has 2 atom stereocenters. The zero-order chi connectivity index (χ0) is 14.1. The van der Waals surface area contributed by atoms with Crippen LogP contribution in [0.5, 0.6) is 0 Å². The summed E-state index contributed by atoms with van der Waals surface area (Å²) in [4.78, 5) is 27.5. The Morgan fingerprint density at radius 1 is 0.900 bits per heavy atom. The molecule has 0 bridgehead atoms. The minimum Gasteiger partial charge on any atom is -0.481 e. The quantitative estimate of drug-likeness (QED) is 0.843. The van der Waals surface area contributed by atoms with Crippen molar-refractivity contribution in [2.24, 2.45) is 11.8 Å². The molecular formula is C15H24N2O3. The van der Waals surface area contributed by atoms with Crippen molar-refractivity contribution in [3.8, 4) is 0 Å². The summed E-state index contributed by atoms with van der Waals surface area (Å²) in [6, 6.07) is 0.633. The molecule has 3 fully saturated rings. The smallest absolute Gasteiger partial charge is 0.307 e. The van der Waals surface area contributed by atoms with E-state index in [1.165, 1.54) is 32.4 Å². The fourth-order valence-electron chi connectivity index (χ4n) is 3.71. The average Bonchev–Trinajstić information content (AvgIpc) is 3.28. The molecule has 112 valence electrons. The number of carbonyl (C=O) groups is 2. The highest BCUT2D eigenvalue weighted by Gasteiger charge is 2.50. The summed E-state index contributed by atoms with van der Waals surface area (Å²) >= 11 is 0. The van der Waals surface area contributed by atoms with Gasteiger partial charge >= 0.3 is 5.97 Å². The van der Waals surface area contributed by atoms with E-state index >= 15 is 0 Å². The van der Waals surface area contributed by atoms with E-state index in [9.17, 15) is 9.59 Å². The van der Waals surface area contributed by atoms with Crippen LogP contribution in [0.25, 0.3) is 0 Å². The molecule has 5 heteroatoms. The van der Waals surface area contributed by atoms with Gasteiger partial charge in [0.05, 0.1) is 11.8 Å². The van der Waals surface area contributed by atoms with Gasteiger partial charge < -0.3 is 14.9 Å². The van der Waals surface area contributed by atoms with Gasteiger partial charge in [-0.1, -0.05) is 6.42 Å². The topological polar surface area (TPSA) is 60.9 Å². The van der Waals surface area contributed by atoms with Crippen molar-refractivity contribution in [2.45, 2.75) is 44.6 Å². The minimum absolute atomic E-state index is 0.0782. The van der Waals surface area contributed by atoms with E-state index in [1.54, 1.807) is 0 Å². The molecule has 3 aliphatic rings. The van der Waals surface area contributed by atoms with Crippen molar-refractivity contribution >= 4 is 11.9 Å². The molecular weight excluding hydrogens is 256 g/mol. The number of piperidine rings is 2. The van der Waals surface area contributed by atoms with Crippen molar-refractivity contribution in [1.29, 1.82) is 0 Å². The highest BCUT2D eigenvalue weighted by molar-refractivity contribution is 5.89. The summed E-state index contributed by atoms with van der Waals surface area (Å²) < 4.78 is 0. The summed E-state index contributed by atoms with van der Waals surface area (Å²) in [5.74, 6) is -1.39. The van der Waals surface area contributed by atoms with Gasteiger partial charge in [0, 0.05) is 19.1 Å². The van der Waals surface area contributed by atoms with Crippen molar-refractivity contribution in [3.05, 3.63) is 0 Å². The summed E-state index contributed by atoms with van der Waals surface area (Å²) in [5, 5.41) is 8.91. The normalized spacial score (nSPS) is 32.1. The number of nitrogens with zero attached hydrogens (tertiary/aromatic N) is 2. The summed E-state index contributed by atoms with van der Waals surface area (Å²) in [6.07, 6.45) is 6.61. The first kappa shape index (κ1) is 13.9. The van der Waals surface area contributed by atoms with Crippen LogP contribution in [0.4, 0.5) is 0 Å². The van der Waals surface area contributed by atoms with Crippen molar-refractivity contribution in [3.63, 3.8) is 0 Å². The van der Waals surface area contributed by atoms with Gasteiger partial charge in [0.2, 0.25) is 5.91 Å². The van der Waals surface area contributed by atoms with Crippen LogP contribution in [0.15, 0.2) is 0 Å². The number of likely N-dealkylation sites (tertiary alicyclic amines) is 2. The minimum atomic E-state index is -0.813. The van der Waals surface area contributed by atoms with Gasteiger partial charge in [0.1, 0.15) is 0 Å². The third kappa shape index (κ3) is 2.82. The Morgan fingerprint density at radius 2 is 1.55 bits per heavy atom. The second kappa shape index (κ2) is 5.72. The maximum atomic E-state index is 12.2. The second-order valence-electron chi connectivity index (χ2n) is 6.44. The number of rotatable bonds is 3. The van der Waals surface area contributed by atoms with Gasteiger partial charge in [0.25, 0.3) is 0 Å². The largest absolute Gasteiger partial charge is 0.481 e. The van der Waals surface area contributed by atoms with Gasteiger partial charge in [-0.15, -0.1) is 0 Å². The van der Waals surface area contributed by atoms with Crippen molar-refractivity contribution in [2.75, 3.05) is 26.2 Å². The number of hydrogen-bond acceptors (Lipinski definition) is 3. The number of amides is 1. The highest BCUT2D eigenvalue weighted by Crippen LogP contribution is 2.40. The molecule has 2 unspecified atom stereocenters. The first-order chi connectivity index (χ1) is 9.66. The average molecular weight is 280 g/mol. The number of carboxylic acid groups (broad SMARTS) is 1. The molecule has 2 aliphatic heterocycles. The SMILES string of the molecule is O=C(O)C1CC1C(=O)N1CCC(N2CCCCC2)CC1. The van der Waals surface area contributed by atoms with Crippen LogP contribution < -0.4 is 0 Å². The third-order valence-corrected chi connectivity index (χ3v) is 5.11. The molecule has 0 aromatic rings. The van der Waals surface area contributed by atoms with Crippen LogP contribution in [-0.4, -0.2) is 59.0 Å². The molecule has 20 heavy (non-hydrogen) atoms. The molecule has 1 aliphatic carbocycles. The van der Waals surface area contributed by atoms with Crippen LogP contribution in [-0.2, 0) is 9.59 Å². The predicted octanol–water partition coefficient (Wildman–Crippen LogP) is 1.18. The molecule has 2 saturated heterocycles. The summed E-state index contributed by atoms with van der Waals surface area (Å²) in [5.41, 5.74) is 0. The maximum absolute atomic E-state index is 12.2. The van der Waals surface area contributed by atoms with E-state index < -0.39 is 11.9 Å². The fourth-order valence-corrected chi connectivity index (χ4v) is 3.71. The maximum Gasteiger partial charge on any atom is 0.307 e. The van der Waals surface area contributed by atoms with E-state index in [0.717, 1.165) is 25.9 Å². The molecule has 3 rings (SSSR count). The third-order valence-electron chi connectivity index (χ3n) is 5.11. The Morgan fingerprint density at radius 3 is 2.10 bits per heavy atom. The molecule has 0 radical (unpaired) electrons. The number of carbonyl (C=O) groups excluding carboxylic acids is 1. The fraction of sp³-hybridized carbons (Fsp3) is 0.867. The molecule has 0 spiro atoms. The molecule has 0 aromatic heterocycles. The molecule has 0 aromatic carbocycles. The van der Waals surface area contributed by atoms with Gasteiger partial charge in [-0.05, 0) is 45.2 Å². The lowest BCUT2D eigenvalue weighted by atomic mass is 9.99. The van der Waals surface area contributed by atoms with Crippen LogP contribution in [0.3, 0.4) is 0 Å². The van der Waals surface area contributed by atoms with Crippen molar-refractivity contribution < 1.29 is 14.7 Å². The van der Waals surface area contributed by atoms with Crippen molar-refractivity contribution in [1.82, 2.24) is 9.80 Å². The van der Waals surface area contributed by atoms with E-state index in [2.05, 4.69) is 4.90 Å².